The first-order valence-corrected chi connectivity index (χ1v) is 8.58. The van der Waals surface area contributed by atoms with E-state index in [2.05, 4.69) is 83.1 Å². The van der Waals surface area contributed by atoms with E-state index in [1.807, 2.05) is 0 Å². The van der Waals surface area contributed by atoms with E-state index in [9.17, 15) is 0 Å². The SMILES string of the molecule is Cc1cc(C)cc(C2=Nc3ccc(C(C)(C)C)c4cccc2c34)c1. The van der Waals surface area contributed by atoms with E-state index in [1.54, 1.807) is 0 Å². The molecule has 4 rings (SSSR count). The third-order valence-corrected chi connectivity index (χ3v) is 4.81. The van der Waals surface area contributed by atoms with Gasteiger partial charge in [-0.2, -0.15) is 0 Å². The highest BCUT2D eigenvalue weighted by molar-refractivity contribution is 6.26. The van der Waals surface area contributed by atoms with Gasteiger partial charge in [-0.25, -0.2) is 4.99 Å². The van der Waals surface area contributed by atoms with Crippen molar-refractivity contribution in [3.05, 3.63) is 76.3 Å². The van der Waals surface area contributed by atoms with Crippen LogP contribution in [0.5, 0.6) is 0 Å². The third-order valence-electron chi connectivity index (χ3n) is 4.81. The summed E-state index contributed by atoms with van der Waals surface area (Å²) in [5, 5.41) is 2.64. The average molecular weight is 313 g/mol. The quantitative estimate of drug-likeness (QED) is 0.394. The number of benzene rings is 3. The fourth-order valence-electron chi connectivity index (χ4n) is 3.84. The van der Waals surface area contributed by atoms with Crippen LogP contribution in [0.15, 0.2) is 53.5 Å². The van der Waals surface area contributed by atoms with Gasteiger partial charge in [0.1, 0.15) is 0 Å². The van der Waals surface area contributed by atoms with E-state index in [0.29, 0.717) is 0 Å². The Hall–Kier alpha value is -2.41. The summed E-state index contributed by atoms with van der Waals surface area (Å²) in [6.07, 6.45) is 0. The molecule has 0 saturated heterocycles. The van der Waals surface area contributed by atoms with Crippen molar-refractivity contribution in [2.75, 3.05) is 0 Å². The van der Waals surface area contributed by atoms with Crippen molar-refractivity contribution in [3.8, 4) is 0 Å². The van der Waals surface area contributed by atoms with E-state index in [1.165, 1.54) is 38.6 Å². The van der Waals surface area contributed by atoms with Gasteiger partial charge in [-0.3, -0.25) is 0 Å². The van der Waals surface area contributed by atoms with Crippen molar-refractivity contribution in [2.45, 2.75) is 40.0 Å². The molecule has 1 nitrogen and oxygen atoms in total. The molecule has 0 atom stereocenters. The second-order valence-electron chi connectivity index (χ2n) is 7.95. The van der Waals surface area contributed by atoms with Crippen molar-refractivity contribution >= 4 is 22.2 Å². The van der Waals surface area contributed by atoms with Gasteiger partial charge in [0, 0.05) is 16.5 Å². The van der Waals surface area contributed by atoms with Crippen LogP contribution < -0.4 is 0 Å². The highest BCUT2D eigenvalue weighted by atomic mass is 14.8. The van der Waals surface area contributed by atoms with E-state index in [0.717, 1.165) is 11.4 Å². The first-order valence-electron chi connectivity index (χ1n) is 8.58. The zero-order chi connectivity index (χ0) is 17.1. The van der Waals surface area contributed by atoms with Crippen molar-refractivity contribution in [1.82, 2.24) is 0 Å². The second-order valence-corrected chi connectivity index (χ2v) is 7.95. The normalized spacial score (nSPS) is 13.5. The van der Waals surface area contributed by atoms with Gasteiger partial charge in [0.05, 0.1) is 11.4 Å². The maximum absolute atomic E-state index is 4.99. The standard InChI is InChI=1S/C23H23N/c1-14-11-15(2)13-16(12-14)22-18-8-6-7-17-19(23(3,4)5)9-10-20(24-22)21(17)18/h6-13H,1-5H3. The highest BCUT2D eigenvalue weighted by Gasteiger charge is 2.24. The molecule has 0 N–H and O–H groups in total. The first kappa shape index (κ1) is 15.1. The number of hydrogen-bond donors (Lipinski definition) is 0. The van der Waals surface area contributed by atoms with Gasteiger partial charge in [0.25, 0.3) is 0 Å². The summed E-state index contributed by atoms with van der Waals surface area (Å²) in [5.74, 6) is 0. The summed E-state index contributed by atoms with van der Waals surface area (Å²) in [7, 11) is 0. The van der Waals surface area contributed by atoms with E-state index < -0.39 is 0 Å². The number of aryl methyl sites for hydroxylation is 2. The fourth-order valence-corrected chi connectivity index (χ4v) is 3.84. The molecule has 0 radical (unpaired) electrons. The molecule has 1 aliphatic rings. The minimum Gasteiger partial charge on any atom is -0.247 e. The lowest BCUT2D eigenvalue weighted by atomic mass is 9.82. The number of rotatable bonds is 1. The molecule has 0 bridgehead atoms. The van der Waals surface area contributed by atoms with Crippen LogP contribution in [0.2, 0.25) is 0 Å². The molecule has 0 spiro atoms. The second kappa shape index (κ2) is 5.04. The number of nitrogens with zero attached hydrogens (tertiary/aromatic N) is 1. The summed E-state index contributed by atoms with van der Waals surface area (Å²) >= 11 is 0. The van der Waals surface area contributed by atoms with Crippen molar-refractivity contribution in [1.29, 1.82) is 0 Å². The topological polar surface area (TPSA) is 12.4 Å². The molecule has 24 heavy (non-hydrogen) atoms. The molecule has 1 heterocycles. The Morgan fingerprint density at radius 2 is 1.54 bits per heavy atom. The van der Waals surface area contributed by atoms with Crippen LogP contribution in [0.1, 0.15) is 48.6 Å². The molecule has 0 amide bonds. The molecule has 0 unspecified atom stereocenters. The maximum Gasteiger partial charge on any atom is 0.0789 e. The highest BCUT2D eigenvalue weighted by Crippen LogP contribution is 2.41. The smallest absolute Gasteiger partial charge is 0.0789 e. The summed E-state index contributed by atoms with van der Waals surface area (Å²) in [6.45, 7) is 11.1. The molecular weight excluding hydrogens is 290 g/mol. The molecule has 1 aliphatic heterocycles. The Morgan fingerprint density at radius 1 is 0.833 bits per heavy atom. The van der Waals surface area contributed by atoms with Gasteiger partial charge in [0.2, 0.25) is 0 Å². The minimum atomic E-state index is 0.125. The van der Waals surface area contributed by atoms with Gasteiger partial charge >= 0.3 is 0 Å². The predicted octanol–water partition coefficient (Wildman–Crippen LogP) is 6.24. The van der Waals surface area contributed by atoms with E-state index in [4.69, 9.17) is 4.99 Å². The molecule has 120 valence electrons. The monoisotopic (exact) mass is 313 g/mol. The Labute approximate surface area is 144 Å². The molecule has 0 aliphatic carbocycles. The first-order chi connectivity index (χ1) is 11.3. The van der Waals surface area contributed by atoms with Gasteiger partial charge in [0.15, 0.2) is 0 Å². The Balaban J connectivity index is 1.99. The van der Waals surface area contributed by atoms with Crippen LogP contribution in [-0.4, -0.2) is 5.71 Å². The average Bonchev–Trinajstić information content (AvgIpc) is 2.86. The van der Waals surface area contributed by atoms with Gasteiger partial charge in [-0.15, -0.1) is 0 Å². The van der Waals surface area contributed by atoms with E-state index in [-0.39, 0.29) is 5.41 Å². The zero-order valence-electron chi connectivity index (χ0n) is 15.1. The molecular formula is C23H23N. The summed E-state index contributed by atoms with van der Waals surface area (Å²) in [5.41, 5.74) is 8.76. The Kier molecular flexibility index (Phi) is 3.18. The van der Waals surface area contributed by atoms with Crippen LogP contribution in [0, 0.1) is 13.8 Å². The lowest BCUT2D eigenvalue weighted by Crippen LogP contribution is -2.11. The zero-order valence-corrected chi connectivity index (χ0v) is 15.1. The van der Waals surface area contributed by atoms with Crippen LogP contribution in [0.4, 0.5) is 5.69 Å². The fraction of sp³-hybridized carbons (Fsp3) is 0.261. The molecule has 0 fully saturated rings. The van der Waals surface area contributed by atoms with Crippen LogP contribution in [0.25, 0.3) is 10.8 Å². The molecule has 3 aromatic carbocycles. The largest absolute Gasteiger partial charge is 0.247 e. The lowest BCUT2D eigenvalue weighted by molar-refractivity contribution is 0.596. The van der Waals surface area contributed by atoms with Gasteiger partial charge in [-0.05, 0) is 48.4 Å². The lowest BCUT2D eigenvalue weighted by Gasteiger charge is -2.21. The maximum atomic E-state index is 4.99. The Bertz CT molecular complexity index is 980. The minimum absolute atomic E-state index is 0.125. The van der Waals surface area contributed by atoms with Crippen molar-refractivity contribution < 1.29 is 0 Å². The number of aliphatic imine (C=N–C) groups is 1. The predicted molar refractivity (Wildman–Crippen MR) is 104 cm³/mol. The summed E-state index contributed by atoms with van der Waals surface area (Å²) in [6, 6.07) is 17.7. The van der Waals surface area contributed by atoms with Gasteiger partial charge < -0.3 is 0 Å². The van der Waals surface area contributed by atoms with Gasteiger partial charge in [-0.1, -0.05) is 62.2 Å². The third kappa shape index (κ3) is 2.27. The van der Waals surface area contributed by atoms with Crippen LogP contribution >= 0.6 is 0 Å². The molecule has 1 heteroatoms. The van der Waals surface area contributed by atoms with E-state index >= 15 is 0 Å². The van der Waals surface area contributed by atoms with Crippen molar-refractivity contribution in [2.24, 2.45) is 4.99 Å². The molecule has 3 aromatic rings. The van der Waals surface area contributed by atoms with Crippen molar-refractivity contribution in [3.63, 3.8) is 0 Å². The van der Waals surface area contributed by atoms with Crippen LogP contribution in [-0.2, 0) is 5.41 Å². The molecule has 0 saturated carbocycles. The molecule has 0 aromatic heterocycles. The number of hydrogen-bond acceptors (Lipinski definition) is 1. The summed E-state index contributed by atoms with van der Waals surface area (Å²) < 4.78 is 0. The Morgan fingerprint density at radius 3 is 2.21 bits per heavy atom. The summed E-state index contributed by atoms with van der Waals surface area (Å²) in [4.78, 5) is 4.99. The van der Waals surface area contributed by atoms with Crippen LogP contribution in [0.3, 0.4) is 0 Å².